The van der Waals surface area contributed by atoms with Gasteiger partial charge < -0.3 is 4.74 Å². The normalized spacial score (nSPS) is 9.47. The minimum absolute atomic E-state index is 0.262. The van der Waals surface area contributed by atoms with E-state index in [1.54, 1.807) is 30.1 Å². The smallest absolute Gasteiger partial charge is 0.219 e. The van der Waals surface area contributed by atoms with Crippen molar-refractivity contribution in [1.29, 1.82) is 0 Å². The van der Waals surface area contributed by atoms with Crippen molar-refractivity contribution in [3.05, 3.63) is 41.8 Å². The van der Waals surface area contributed by atoms with Crippen LogP contribution in [0.25, 0.3) is 5.69 Å². The van der Waals surface area contributed by atoms with E-state index in [1.165, 1.54) is 12.1 Å². The molecule has 0 aliphatic carbocycles. The van der Waals surface area contributed by atoms with Crippen LogP contribution in [0.3, 0.4) is 0 Å². The molecule has 2 aromatic rings. The van der Waals surface area contributed by atoms with E-state index >= 15 is 0 Å². The van der Waals surface area contributed by atoms with E-state index in [-0.39, 0.29) is 5.82 Å². The van der Waals surface area contributed by atoms with E-state index in [4.69, 9.17) is 4.74 Å². The van der Waals surface area contributed by atoms with E-state index in [2.05, 4.69) is 5.10 Å². The van der Waals surface area contributed by atoms with Crippen molar-refractivity contribution in [2.45, 2.75) is 20.8 Å². The van der Waals surface area contributed by atoms with Gasteiger partial charge in [0.05, 0.1) is 19.0 Å². The predicted molar refractivity (Wildman–Crippen MR) is 66.2 cm³/mol. The highest BCUT2D eigenvalue weighted by Crippen LogP contribution is 2.21. The predicted octanol–water partition coefficient (Wildman–Crippen LogP) is 3.35. The van der Waals surface area contributed by atoms with Crippen molar-refractivity contribution in [3.8, 4) is 11.6 Å². The van der Waals surface area contributed by atoms with Crippen molar-refractivity contribution >= 4 is 0 Å². The molecule has 1 aromatic carbocycles. The summed E-state index contributed by atoms with van der Waals surface area (Å²) < 4.78 is 19.6. The summed E-state index contributed by atoms with van der Waals surface area (Å²) >= 11 is 0. The second-order valence-corrected chi connectivity index (χ2v) is 3.23. The first-order chi connectivity index (χ1) is 8.22. The Hall–Kier alpha value is -1.84. The maximum atomic E-state index is 12.7. The highest BCUT2D eigenvalue weighted by molar-refractivity contribution is 5.37. The first kappa shape index (κ1) is 13.2. The number of aromatic nitrogens is 2. The summed E-state index contributed by atoms with van der Waals surface area (Å²) in [5.41, 5.74) is 1.73. The molecular formula is C13H17FN2O. The van der Waals surface area contributed by atoms with E-state index in [0.717, 1.165) is 11.3 Å². The van der Waals surface area contributed by atoms with E-state index < -0.39 is 0 Å². The van der Waals surface area contributed by atoms with Gasteiger partial charge in [0.25, 0.3) is 0 Å². The third-order valence-electron chi connectivity index (χ3n) is 2.16. The lowest BCUT2D eigenvalue weighted by molar-refractivity contribution is 0.381. The molecule has 0 fully saturated rings. The maximum Gasteiger partial charge on any atom is 0.219 e. The number of nitrogens with zero attached hydrogens (tertiary/aromatic N) is 2. The summed E-state index contributed by atoms with van der Waals surface area (Å²) in [5, 5.41) is 4.16. The molecule has 0 aliphatic heterocycles. The summed E-state index contributed by atoms with van der Waals surface area (Å²) in [6.07, 6.45) is 1.71. The monoisotopic (exact) mass is 236 g/mol. The molecule has 17 heavy (non-hydrogen) atoms. The fourth-order valence-corrected chi connectivity index (χ4v) is 1.43. The molecule has 2 rings (SSSR count). The number of benzene rings is 1. The lowest BCUT2D eigenvalue weighted by atomic mass is 10.3. The van der Waals surface area contributed by atoms with E-state index in [9.17, 15) is 4.39 Å². The van der Waals surface area contributed by atoms with Gasteiger partial charge >= 0.3 is 0 Å². The van der Waals surface area contributed by atoms with Crippen molar-refractivity contribution in [2.75, 3.05) is 7.11 Å². The van der Waals surface area contributed by atoms with Crippen LogP contribution in [-0.4, -0.2) is 16.9 Å². The first-order valence-corrected chi connectivity index (χ1v) is 5.57. The number of aryl methyl sites for hydroxylation is 1. The SMILES string of the molecule is CC.COc1c(C)cnn1-c1ccc(F)cc1. The molecule has 0 unspecified atom stereocenters. The fourth-order valence-electron chi connectivity index (χ4n) is 1.43. The number of hydrogen-bond donors (Lipinski definition) is 0. The molecule has 0 atom stereocenters. The Labute approximate surface area is 101 Å². The molecule has 0 saturated carbocycles. The quantitative estimate of drug-likeness (QED) is 0.799. The number of hydrogen-bond acceptors (Lipinski definition) is 2. The van der Waals surface area contributed by atoms with Gasteiger partial charge in [0.15, 0.2) is 0 Å². The van der Waals surface area contributed by atoms with Crippen LogP contribution in [0.4, 0.5) is 4.39 Å². The molecule has 0 radical (unpaired) electrons. The molecule has 0 spiro atoms. The molecule has 4 heteroatoms. The Morgan fingerprint density at radius 2 is 1.76 bits per heavy atom. The summed E-state index contributed by atoms with van der Waals surface area (Å²) in [6, 6.07) is 6.10. The van der Waals surface area contributed by atoms with Crippen LogP contribution < -0.4 is 4.74 Å². The fraction of sp³-hybridized carbons (Fsp3) is 0.308. The van der Waals surface area contributed by atoms with Gasteiger partial charge in [0.1, 0.15) is 5.82 Å². The average Bonchev–Trinajstić information content (AvgIpc) is 2.74. The van der Waals surface area contributed by atoms with Crippen LogP contribution in [0.5, 0.6) is 5.88 Å². The number of halogens is 1. The minimum atomic E-state index is -0.262. The highest BCUT2D eigenvalue weighted by Gasteiger charge is 2.08. The van der Waals surface area contributed by atoms with Gasteiger partial charge in [-0.15, -0.1) is 0 Å². The van der Waals surface area contributed by atoms with Gasteiger partial charge in [0, 0.05) is 5.56 Å². The average molecular weight is 236 g/mol. The van der Waals surface area contributed by atoms with Crippen molar-refractivity contribution in [1.82, 2.24) is 9.78 Å². The molecule has 0 aliphatic rings. The largest absolute Gasteiger partial charge is 0.481 e. The van der Waals surface area contributed by atoms with Crippen LogP contribution in [0.2, 0.25) is 0 Å². The lowest BCUT2D eigenvalue weighted by Gasteiger charge is -2.06. The third-order valence-corrected chi connectivity index (χ3v) is 2.16. The number of ether oxygens (including phenoxy) is 1. The zero-order chi connectivity index (χ0) is 12.8. The summed E-state index contributed by atoms with van der Waals surface area (Å²) in [6.45, 7) is 5.91. The number of methoxy groups -OCH3 is 1. The zero-order valence-corrected chi connectivity index (χ0v) is 10.6. The standard InChI is InChI=1S/C11H11FN2O.C2H6/c1-8-7-13-14(11(8)15-2)10-5-3-9(12)4-6-10;1-2/h3-7H,1-2H3;1-2H3. The Morgan fingerprint density at radius 3 is 2.29 bits per heavy atom. The van der Waals surface area contributed by atoms with Crippen LogP contribution in [-0.2, 0) is 0 Å². The van der Waals surface area contributed by atoms with Crippen LogP contribution in [0.15, 0.2) is 30.5 Å². The van der Waals surface area contributed by atoms with Gasteiger partial charge in [-0.1, -0.05) is 13.8 Å². The molecule has 0 amide bonds. The third kappa shape index (κ3) is 2.84. The van der Waals surface area contributed by atoms with Crippen molar-refractivity contribution in [3.63, 3.8) is 0 Å². The first-order valence-electron chi connectivity index (χ1n) is 5.57. The molecule has 0 saturated heterocycles. The maximum absolute atomic E-state index is 12.7. The van der Waals surface area contributed by atoms with Gasteiger partial charge in [-0.05, 0) is 31.2 Å². The van der Waals surface area contributed by atoms with Crippen LogP contribution in [0.1, 0.15) is 19.4 Å². The lowest BCUT2D eigenvalue weighted by Crippen LogP contribution is -2.00. The van der Waals surface area contributed by atoms with Crippen molar-refractivity contribution < 1.29 is 9.13 Å². The zero-order valence-electron chi connectivity index (χ0n) is 10.6. The van der Waals surface area contributed by atoms with Crippen molar-refractivity contribution in [2.24, 2.45) is 0 Å². The molecule has 92 valence electrons. The Bertz CT molecular complexity index is 463. The number of rotatable bonds is 2. The van der Waals surface area contributed by atoms with Gasteiger partial charge in [-0.2, -0.15) is 5.10 Å². The molecule has 3 nitrogen and oxygen atoms in total. The van der Waals surface area contributed by atoms with Crippen LogP contribution >= 0.6 is 0 Å². The second-order valence-electron chi connectivity index (χ2n) is 3.23. The molecule has 0 bridgehead atoms. The molecular weight excluding hydrogens is 219 g/mol. The van der Waals surface area contributed by atoms with Crippen LogP contribution in [0, 0.1) is 12.7 Å². The molecule has 0 N–H and O–H groups in total. The Morgan fingerprint density at radius 1 is 1.18 bits per heavy atom. The van der Waals surface area contributed by atoms with Gasteiger partial charge in [0.2, 0.25) is 5.88 Å². The molecule has 1 aromatic heterocycles. The minimum Gasteiger partial charge on any atom is -0.481 e. The Kier molecular flexibility index (Phi) is 4.69. The van der Waals surface area contributed by atoms with E-state index in [1.807, 2.05) is 20.8 Å². The topological polar surface area (TPSA) is 27.1 Å². The summed E-state index contributed by atoms with van der Waals surface area (Å²) in [4.78, 5) is 0. The highest BCUT2D eigenvalue weighted by atomic mass is 19.1. The summed E-state index contributed by atoms with van der Waals surface area (Å²) in [5.74, 6) is 0.406. The van der Waals surface area contributed by atoms with Gasteiger partial charge in [-0.25, -0.2) is 9.07 Å². The second kappa shape index (κ2) is 6.03. The summed E-state index contributed by atoms with van der Waals surface area (Å²) in [7, 11) is 1.59. The van der Waals surface area contributed by atoms with E-state index in [0.29, 0.717) is 5.88 Å². The van der Waals surface area contributed by atoms with Gasteiger partial charge in [-0.3, -0.25) is 0 Å². The molecule has 1 heterocycles. The Balaban J connectivity index is 0.000000686.